The molecule has 0 unspecified atom stereocenters. The van der Waals surface area contributed by atoms with Gasteiger partial charge in [-0.1, -0.05) is 27.7 Å². The van der Waals surface area contributed by atoms with E-state index in [0.717, 1.165) is 16.0 Å². The quantitative estimate of drug-likeness (QED) is 0.275. The zero-order valence-corrected chi connectivity index (χ0v) is 20.0. The minimum Gasteiger partial charge on any atom is -0.308 e. The zero-order valence-electron chi connectivity index (χ0n) is 18.4. The largest absolute Gasteiger partial charge is 0.308 e. The summed E-state index contributed by atoms with van der Waals surface area (Å²) in [7, 11) is 0. The van der Waals surface area contributed by atoms with Gasteiger partial charge in [0.25, 0.3) is 0 Å². The average molecular weight is 454 g/mol. The van der Waals surface area contributed by atoms with Crippen LogP contribution in [-0.2, 0) is 0 Å². The summed E-state index contributed by atoms with van der Waals surface area (Å²) in [4.78, 5) is 28.7. The Kier molecular flexibility index (Phi) is 12.4. The molecule has 4 heterocycles. The molecule has 0 aliphatic carbocycles. The highest BCUT2D eigenvalue weighted by Gasteiger charge is 2.11. The van der Waals surface area contributed by atoms with E-state index in [-0.39, 0.29) is 5.78 Å². The molecule has 8 heteroatoms. The second-order valence-electron chi connectivity index (χ2n) is 5.25. The first-order valence-corrected chi connectivity index (χ1v) is 11.7. The number of ketones is 1. The van der Waals surface area contributed by atoms with E-state index in [1.165, 1.54) is 17.6 Å². The summed E-state index contributed by atoms with van der Waals surface area (Å²) in [6.45, 7) is 9.55. The van der Waals surface area contributed by atoms with Crippen LogP contribution in [-0.4, -0.2) is 31.9 Å². The normalized spacial score (nSPS) is 9.06. The van der Waals surface area contributed by atoms with Crippen LogP contribution in [0.5, 0.6) is 0 Å². The highest BCUT2D eigenvalue weighted by molar-refractivity contribution is 7.13. The summed E-state index contributed by atoms with van der Waals surface area (Å²) < 4.78 is 0. The molecule has 0 fully saturated rings. The van der Waals surface area contributed by atoms with Crippen LogP contribution in [0, 0.1) is 5.41 Å². The molecule has 0 aliphatic heterocycles. The fraction of sp³-hybridized carbons (Fsp3) is 0.217. The van der Waals surface area contributed by atoms with Crippen molar-refractivity contribution < 1.29 is 4.79 Å². The lowest BCUT2D eigenvalue weighted by Gasteiger charge is -1.97. The Morgan fingerprint density at radius 2 is 1.45 bits per heavy atom. The van der Waals surface area contributed by atoms with Crippen LogP contribution < -0.4 is 0 Å². The van der Waals surface area contributed by atoms with Crippen molar-refractivity contribution in [3.8, 4) is 22.1 Å². The molecule has 6 nitrogen and oxygen atoms in total. The van der Waals surface area contributed by atoms with E-state index < -0.39 is 0 Å². The lowest BCUT2D eigenvalue weighted by Crippen LogP contribution is -1.94. The third-order valence-electron chi connectivity index (χ3n) is 3.47. The fourth-order valence-electron chi connectivity index (χ4n) is 2.21. The number of aromatic nitrogens is 4. The molecule has 4 rings (SSSR count). The van der Waals surface area contributed by atoms with Gasteiger partial charge in [-0.15, -0.1) is 11.3 Å². The summed E-state index contributed by atoms with van der Waals surface area (Å²) in [5.74, 6) is 1.35. The SMILES string of the molecule is CC.CC.CC(=O)c1cscc1-c1ncccn1.N=Cc1ccsc1-c1ncccn1. The van der Waals surface area contributed by atoms with Crippen LogP contribution in [0.3, 0.4) is 0 Å². The van der Waals surface area contributed by atoms with Crippen LogP contribution in [0.1, 0.15) is 50.5 Å². The first-order valence-electron chi connectivity index (χ1n) is 9.90. The lowest BCUT2D eigenvalue weighted by molar-refractivity contribution is 0.101. The van der Waals surface area contributed by atoms with Crippen molar-refractivity contribution in [2.45, 2.75) is 34.6 Å². The topological polar surface area (TPSA) is 92.5 Å². The Balaban J connectivity index is 0.000000268. The van der Waals surface area contributed by atoms with Crippen LogP contribution in [0.4, 0.5) is 0 Å². The van der Waals surface area contributed by atoms with Gasteiger partial charge in [0.2, 0.25) is 0 Å². The van der Waals surface area contributed by atoms with Gasteiger partial charge >= 0.3 is 0 Å². The molecule has 0 saturated heterocycles. The van der Waals surface area contributed by atoms with Gasteiger partial charge in [-0.25, -0.2) is 19.9 Å². The maximum atomic E-state index is 11.3. The van der Waals surface area contributed by atoms with Gasteiger partial charge < -0.3 is 5.41 Å². The van der Waals surface area contributed by atoms with Gasteiger partial charge in [0, 0.05) is 58.5 Å². The summed E-state index contributed by atoms with van der Waals surface area (Å²) >= 11 is 3.04. The Bertz CT molecular complexity index is 1030. The van der Waals surface area contributed by atoms with E-state index in [4.69, 9.17) is 5.41 Å². The summed E-state index contributed by atoms with van der Waals surface area (Å²) in [5, 5.41) is 12.8. The van der Waals surface area contributed by atoms with Crippen molar-refractivity contribution in [3.05, 3.63) is 70.3 Å². The molecule has 0 bridgehead atoms. The fourth-order valence-corrected chi connectivity index (χ4v) is 3.90. The molecule has 0 amide bonds. The van der Waals surface area contributed by atoms with E-state index in [1.54, 1.807) is 55.2 Å². The number of thiophene rings is 2. The Morgan fingerprint density at radius 3 is 1.97 bits per heavy atom. The van der Waals surface area contributed by atoms with E-state index >= 15 is 0 Å². The number of nitrogens with one attached hydrogen (secondary N) is 1. The number of hydrogen-bond donors (Lipinski definition) is 1. The molecule has 0 atom stereocenters. The second-order valence-corrected chi connectivity index (χ2v) is 6.91. The number of hydrogen-bond acceptors (Lipinski definition) is 8. The summed E-state index contributed by atoms with van der Waals surface area (Å²) in [6, 6.07) is 5.42. The van der Waals surface area contributed by atoms with Crippen LogP contribution >= 0.6 is 22.7 Å². The third-order valence-corrected chi connectivity index (χ3v) is 5.14. The van der Waals surface area contributed by atoms with Crippen molar-refractivity contribution in [2.24, 2.45) is 0 Å². The lowest BCUT2D eigenvalue weighted by atomic mass is 10.1. The molecule has 31 heavy (non-hydrogen) atoms. The van der Waals surface area contributed by atoms with Crippen LogP contribution in [0.25, 0.3) is 22.1 Å². The Morgan fingerprint density at radius 1 is 0.903 bits per heavy atom. The van der Waals surface area contributed by atoms with Crippen molar-refractivity contribution in [1.29, 1.82) is 5.41 Å². The molecule has 0 aliphatic rings. The van der Waals surface area contributed by atoms with Gasteiger partial charge in [0.05, 0.1) is 4.88 Å². The van der Waals surface area contributed by atoms with Crippen molar-refractivity contribution >= 4 is 34.7 Å². The molecule has 0 radical (unpaired) electrons. The molecule has 0 aromatic carbocycles. The van der Waals surface area contributed by atoms with Gasteiger partial charge in [-0.05, 0) is 30.5 Å². The first kappa shape index (κ1) is 25.9. The number of carbonyl (C=O) groups is 1. The molecule has 0 saturated carbocycles. The number of carbonyl (C=O) groups excluding carboxylic acids is 1. The van der Waals surface area contributed by atoms with Crippen molar-refractivity contribution in [1.82, 2.24) is 19.9 Å². The van der Waals surface area contributed by atoms with E-state index in [0.29, 0.717) is 17.2 Å². The maximum absolute atomic E-state index is 11.3. The Hall–Kier alpha value is -3.10. The van der Waals surface area contributed by atoms with Crippen molar-refractivity contribution in [3.63, 3.8) is 0 Å². The number of Topliss-reactive ketones (excluding diaryl/α,β-unsaturated/α-hetero) is 1. The third kappa shape index (κ3) is 7.58. The van der Waals surface area contributed by atoms with Gasteiger partial charge in [0.15, 0.2) is 17.4 Å². The van der Waals surface area contributed by atoms with E-state index in [2.05, 4.69) is 19.9 Å². The molecular weight excluding hydrogens is 426 g/mol. The zero-order chi connectivity index (χ0) is 23.1. The average Bonchev–Trinajstić information content (AvgIpc) is 3.53. The molecule has 0 spiro atoms. The summed E-state index contributed by atoms with van der Waals surface area (Å²) in [6.07, 6.45) is 8.07. The minimum atomic E-state index is 0.0497. The number of nitrogens with zero attached hydrogens (tertiary/aromatic N) is 4. The smallest absolute Gasteiger partial charge is 0.170 e. The summed E-state index contributed by atoms with van der Waals surface area (Å²) in [5.41, 5.74) is 2.39. The second kappa shape index (κ2) is 14.8. The maximum Gasteiger partial charge on any atom is 0.170 e. The highest BCUT2D eigenvalue weighted by atomic mass is 32.1. The molecule has 162 valence electrons. The van der Waals surface area contributed by atoms with E-state index in [9.17, 15) is 4.79 Å². The van der Waals surface area contributed by atoms with Gasteiger partial charge in [-0.3, -0.25) is 4.79 Å². The predicted octanol–water partition coefficient (Wildman–Crippen LogP) is 6.66. The molecule has 1 N–H and O–H groups in total. The minimum absolute atomic E-state index is 0.0497. The standard InChI is InChI=1S/C10H8N2OS.C9H7N3S.2C2H6/c1-7(13)8-5-14-6-9(8)10-11-3-2-4-12-10;10-6-7-2-5-13-8(7)9-11-3-1-4-12-9;2*1-2/h2-6H,1H3;1-6,10H;2*1-2H3. The Labute approximate surface area is 191 Å². The molecule has 4 aromatic rings. The predicted molar refractivity (Wildman–Crippen MR) is 131 cm³/mol. The first-order chi connectivity index (χ1) is 15.2. The molecule has 4 aromatic heterocycles. The monoisotopic (exact) mass is 453 g/mol. The van der Waals surface area contributed by atoms with Gasteiger partial charge in [-0.2, -0.15) is 11.3 Å². The highest BCUT2D eigenvalue weighted by Crippen LogP contribution is 2.25. The van der Waals surface area contributed by atoms with Crippen LogP contribution in [0.15, 0.2) is 59.1 Å². The van der Waals surface area contributed by atoms with Crippen molar-refractivity contribution in [2.75, 3.05) is 0 Å². The van der Waals surface area contributed by atoms with Gasteiger partial charge in [0.1, 0.15) is 0 Å². The molecular formula is C23H27N5OS2. The van der Waals surface area contributed by atoms with E-state index in [1.807, 2.05) is 49.9 Å². The number of rotatable bonds is 4. The van der Waals surface area contributed by atoms with Crippen LogP contribution in [0.2, 0.25) is 0 Å².